The summed E-state index contributed by atoms with van der Waals surface area (Å²) in [6, 6.07) is 4.95. The summed E-state index contributed by atoms with van der Waals surface area (Å²) in [5.41, 5.74) is 6.61. The fourth-order valence-electron chi connectivity index (χ4n) is 1.26. The molecule has 1 atom stereocenters. The van der Waals surface area contributed by atoms with Gasteiger partial charge in [0.15, 0.2) is 0 Å². The Morgan fingerprint density at radius 2 is 2.27 bits per heavy atom. The van der Waals surface area contributed by atoms with Crippen LogP contribution in [0.25, 0.3) is 0 Å². The third-order valence-electron chi connectivity index (χ3n) is 2.04. The van der Waals surface area contributed by atoms with Crippen molar-refractivity contribution in [3.05, 3.63) is 34.6 Å². The summed E-state index contributed by atoms with van der Waals surface area (Å²) in [5.74, 6) is -0.371. The number of rotatable bonds is 5. The lowest BCUT2D eigenvalue weighted by Crippen LogP contribution is -2.32. The molecular formula is C11H16ClFN2. The molecule has 0 radical (unpaired) electrons. The molecule has 1 rings (SSSR count). The monoisotopic (exact) mass is 230 g/mol. The molecule has 0 aromatic heterocycles. The minimum Gasteiger partial charge on any atom is -0.327 e. The standard InChI is InChI=1S/C11H16ClFN2/c1-8(14)7-15-5-4-9-2-3-11(13)10(12)6-9/h2-3,6,8,15H,4-5,7,14H2,1H3. The van der Waals surface area contributed by atoms with Gasteiger partial charge in [0, 0.05) is 12.6 Å². The topological polar surface area (TPSA) is 38.0 Å². The van der Waals surface area contributed by atoms with Crippen molar-refractivity contribution in [3.63, 3.8) is 0 Å². The Hall–Kier alpha value is -0.640. The van der Waals surface area contributed by atoms with Crippen molar-refractivity contribution < 1.29 is 4.39 Å². The van der Waals surface area contributed by atoms with Crippen LogP contribution in [0, 0.1) is 5.82 Å². The molecule has 1 aromatic carbocycles. The fourth-order valence-corrected chi connectivity index (χ4v) is 1.46. The summed E-state index contributed by atoms with van der Waals surface area (Å²) in [4.78, 5) is 0. The van der Waals surface area contributed by atoms with Gasteiger partial charge in [-0.1, -0.05) is 17.7 Å². The van der Waals surface area contributed by atoms with Crippen LogP contribution >= 0.6 is 11.6 Å². The van der Waals surface area contributed by atoms with Crippen molar-refractivity contribution >= 4 is 11.6 Å². The van der Waals surface area contributed by atoms with E-state index in [-0.39, 0.29) is 16.9 Å². The number of nitrogens with one attached hydrogen (secondary N) is 1. The molecule has 0 fully saturated rings. The van der Waals surface area contributed by atoms with E-state index in [0.29, 0.717) is 0 Å². The second kappa shape index (κ2) is 6.05. The Kier molecular flexibility index (Phi) is 5.02. The van der Waals surface area contributed by atoms with E-state index in [9.17, 15) is 4.39 Å². The maximum Gasteiger partial charge on any atom is 0.141 e. The van der Waals surface area contributed by atoms with Crippen molar-refractivity contribution in [2.45, 2.75) is 19.4 Å². The molecule has 1 aromatic rings. The average molecular weight is 231 g/mol. The molecule has 0 aliphatic heterocycles. The van der Waals surface area contributed by atoms with Crippen LogP contribution < -0.4 is 11.1 Å². The van der Waals surface area contributed by atoms with Crippen molar-refractivity contribution in [1.29, 1.82) is 0 Å². The molecule has 2 nitrogen and oxygen atoms in total. The summed E-state index contributed by atoms with van der Waals surface area (Å²) in [5, 5.41) is 3.39. The van der Waals surface area contributed by atoms with E-state index in [1.165, 1.54) is 6.07 Å². The number of hydrogen-bond donors (Lipinski definition) is 2. The van der Waals surface area contributed by atoms with Gasteiger partial charge in [0.05, 0.1) is 5.02 Å². The van der Waals surface area contributed by atoms with Crippen LogP contribution in [-0.4, -0.2) is 19.1 Å². The van der Waals surface area contributed by atoms with Gasteiger partial charge in [0.2, 0.25) is 0 Å². The first-order valence-corrected chi connectivity index (χ1v) is 5.37. The Bertz CT molecular complexity index is 315. The van der Waals surface area contributed by atoms with E-state index in [4.69, 9.17) is 17.3 Å². The lowest BCUT2D eigenvalue weighted by molar-refractivity contribution is 0.607. The van der Waals surface area contributed by atoms with Gasteiger partial charge in [-0.3, -0.25) is 0 Å². The van der Waals surface area contributed by atoms with Crippen LogP contribution in [0.5, 0.6) is 0 Å². The van der Waals surface area contributed by atoms with Gasteiger partial charge < -0.3 is 11.1 Å². The molecule has 0 saturated heterocycles. The van der Waals surface area contributed by atoms with E-state index >= 15 is 0 Å². The molecule has 0 aliphatic carbocycles. The Balaban J connectivity index is 2.35. The predicted molar refractivity (Wildman–Crippen MR) is 61.6 cm³/mol. The van der Waals surface area contributed by atoms with Crippen LogP contribution in [0.2, 0.25) is 5.02 Å². The van der Waals surface area contributed by atoms with Gasteiger partial charge >= 0.3 is 0 Å². The van der Waals surface area contributed by atoms with Crippen molar-refractivity contribution in [2.75, 3.05) is 13.1 Å². The maximum atomic E-state index is 12.8. The molecule has 0 spiro atoms. The lowest BCUT2D eigenvalue weighted by atomic mass is 10.1. The first-order chi connectivity index (χ1) is 7.09. The first kappa shape index (κ1) is 12.4. The second-order valence-corrected chi connectivity index (χ2v) is 4.09. The quantitative estimate of drug-likeness (QED) is 0.759. The van der Waals surface area contributed by atoms with Gasteiger partial charge in [-0.2, -0.15) is 0 Å². The van der Waals surface area contributed by atoms with Crippen LogP contribution in [0.1, 0.15) is 12.5 Å². The molecule has 0 saturated carbocycles. The van der Waals surface area contributed by atoms with Crippen molar-refractivity contribution in [3.8, 4) is 0 Å². The highest BCUT2D eigenvalue weighted by Gasteiger charge is 2.00. The minimum absolute atomic E-state index is 0.154. The number of halogens is 2. The van der Waals surface area contributed by atoms with Gasteiger partial charge in [0.1, 0.15) is 5.82 Å². The Morgan fingerprint density at radius 1 is 1.53 bits per heavy atom. The Labute approximate surface area is 94.6 Å². The van der Waals surface area contributed by atoms with E-state index in [1.54, 1.807) is 12.1 Å². The molecule has 1 unspecified atom stereocenters. The SMILES string of the molecule is CC(N)CNCCc1ccc(F)c(Cl)c1. The minimum atomic E-state index is -0.371. The maximum absolute atomic E-state index is 12.8. The highest BCUT2D eigenvalue weighted by Crippen LogP contribution is 2.15. The number of nitrogens with two attached hydrogens (primary N) is 1. The van der Waals surface area contributed by atoms with E-state index in [0.717, 1.165) is 25.1 Å². The fraction of sp³-hybridized carbons (Fsp3) is 0.455. The molecule has 0 amide bonds. The number of benzene rings is 1. The summed E-state index contributed by atoms with van der Waals surface area (Å²) < 4.78 is 12.8. The predicted octanol–water partition coefficient (Wildman–Crippen LogP) is 1.96. The molecule has 0 heterocycles. The summed E-state index contributed by atoms with van der Waals surface area (Å²) in [6.07, 6.45) is 0.826. The highest BCUT2D eigenvalue weighted by atomic mass is 35.5. The smallest absolute Gasteiger partial charge is 0.141 e. The van der Waals surface area contributed by atoms with Crippen molar-refractivity contribution in [2.24, 2.45) is 5.73 Å². The average Bonchev–Trinajstić information content (AvgIpc) is 2.18. The summed E-state index contributed by atoms with van der Waals surface area (Å²) in [6.45, 7) is 3.56. The molecular weight excluding hydrogens is 215 g/mol. The van der Waals surface area contributed by atoms with E-state index in [1.807, 2.05) is 6.92 Å². The zero-order valence-electron chi connectivity index (χ0n) is 8.76. The molecule has 0 aliphatic rings. The van der Waals surface area contributed by atoms with E-state index < -0.39 is 0 Å². The highest BCUT2D eigenvalue weighted by molar-refractivity contribution is 6.30. The summed E-state index contributed by atoms with van der Waals surface area (Å²) in [7, 11) is 0. The van der Waals surface area contributed by atoms with Crippen LogP contribution in [0.15, 0.2) is 18.2 Å². The van der Waals surface area contributed by atoms with Gasteiger partial charge in [-0.15, -0.1) is 0 Å². The third kappa shape index (κ3) is 4.60. The van der Waals surface area contributed by atoms with Crippen molar-refractivity contribution in [1.82, 2.24) is 5.32 Å². The zero-order valence-corrected chi connectivity index (χ0v) is 9.52. The molecule has 0 bridgehead atoms. The van der Waals surface area contributed by atoms with Crippen LogP contribution in [0.4, 0.5) is 4.39 Å². The largest absolute Gasteiger partial charge is 0.327 e. The number of hydrogen-bond acceptors (Lipinski definition) is 2. The lowest BCUT2D eigenvalue weighted by Gasteiger charge is -2.07. The molecule has 84 valence electrons. The third-order valence-corrected chi connectivity index (χ3v) is 2.33. The first-order valence-electron chi connectivity index (χ1n) is 5.00. The van der Waals surface area contributed by atoms with Gasteiger partial charge in [0.25, 0.3) is 0 Å². The van der Waals surface area contributed by atoms with E-state index in [2.05, 4.69) is 5.32 Å². The second-order valence-electron chi connectivity index (χ2n) is 3.68. The normalized spacial score (nSPS) is 12.8. The van der Waals surface area contributed by atoms with Gasteiger partial charge in [-0.25, -0.2) is 4.39 Å². The van der Waals surface area contributed by atoms with Crippen LogP contribution in [-0.2, 0) is 6.42 Å². The summed E-state index contributed by atoms with van der Waals surface area (Å²) >= 11 is 5.66. The van der Waals surface area contributed by atoms with Gasteiger partial charge in [-0.05, 0) is 37.6 Å². The van der Waals surface area contributed by atoms with Crippen LogP contribution in [0.3, 0.4) is 0 Å². The molecule has 4 heteroatoms. The zero-order chi connectivity index (χ0) is 11.3. The molecule has 3 N–H and O–H groups in total. The Morgan fingerprint density at radius 3 is 2.87 bits per heavy atom. The molecule has 15 heavy (non-hydrogen) atoms.